The molecule has 2 rings (SSSR count). The van der Waals surface area contributed by atoms with E-state index in [0.29, 0.717) is 5.56 Å². The van der Waals surface area contributed by atoms with Crippen molar-refractivity contribution in [3.63, 3.8) is 0 Å². The molecule has 0 aromatic heterocycles. The van der Waals surface area contributed by atoms with Gasteiger partial charge in [-0.1, -0.05) is 12.1 Å². The van der Waals surface area contributed by atoms with Crippen molar-refractivity contribution in [2.75, 3.05) is 46.3 Å². The number of carbonyl (C=O) groups is 1. The molecule has 1 saturated heterocycles. The summed E-state index contributed by atoms with van der Waals surface area (Å²) in [7, 11) is 2.13. The number of hydrogen-bond acceptors (Lipinski definition) is 4. The maximum absolute atomic E-state index is 11.0. The normalized spacial score (nSPS) is 16.5. The average Bonchev–Trinajstić information content (AvgIpc) is 2.47. The molecule has 1 aliphatic rings. The Labute approximate surface area is 120 Å². The first kappa shape index (κ1) is 15.0. The van der Waals surface area contributed by atoms with Crippen molar-refractivity contribution in [1.82, 2.24) is 15.1 Å². The van der Waals surface area contributed by atoms with Crippen LogP contribution >= 0.6 is 0 Å². The van der Waals surface area contributed by atoms with Gasteiger partial charge in [0.25, 0.3) is 0 Å². The zero-order valence-corrected chi connectivity index (χ0v) is 12.1. The summed E-state index contributed by atoms with van der Waals surface area (Å²) in [6, 6.07) is 7.53. The van der Waals surface area contributed by atoms with Gasteiger partial charge in [-0.25, -0.2) is 0 Å². The molecule has 5 heteroatoms. The second-order valence-corrected chi connectivity index (χ2v) is 5.39. The molecule has 20 heavy (non-hydrogen) atoms. The zero-order chi connectivity index (χ0) is 14.4. The van der Waals surface area contributed by atoms with Crippen molar-refractivity contribution < 1.29 is 4.79 Å². The Bertz CT molecular complexity index is 426. The number of likely N-dealkylation sites (N-methyl/N-ethyl adjacent to an activating group) is 1. The van der Waals surface area contributed by atoms with Crippen LogP contribution in [0.5, 0.6) is 0 Å². The Balaban J connectivity index is 1.75. The maximum Gasteiger partial charge on any atom is 0.248 e. The third-order valence-electron chi connectivity index (χ3n) is 3.70. The standard InChI is InChI=1S/C15H24N4O/c1-18(10-11-19-8-6-17-7-9-19)12-13-2-4-14(5-3-13)15(16)20/h2-5,17H,6-12H2,1H3,(H2,16,20). The summed E-state index contributed by atoms with van der Waals surface area (Å²) in [5, 5.41) is 3.36. The summed E-state index contributed by atoms with van der Waals surface area (Å²) in [5.74, 6) is -0.372. The third-order valence-corrected chi connectivity index (χ3v) is 3.70. The minimum absolute atomic E-state index is 0.372. The van der Waals surface area contributed by atoms with Crippen LogP contribution in [0.2, 0.25) is 0 Å². The van der Waals surface area contributed by atoms with E-state index in [-0.39, 0.29) is 5.91 Å². The van der Waals surface area contributed by atoms with E-state index < -0.39 is 0 Å². The number of primary amides is 1. The molecule has 110 valence electrons. The minimum atomic E-state index is -0.372. The number of carbonyl (C=O) groups excluding carboxylic acids is 1. The summed E-state index contributed by atoms with van der Waals surface area (Å²) in [5.41, 5.74) is 7.01. The van der Waals surface area contributed by atoms with E-state index >= 15 is 0 Å². The van der Waals surface area contributed by atoms with Gasteiger partial charge in [0.2, 0.25) is 5.91 Å². The number of hydrogen-bond donors (Lipinski definition) is 2. The van der Waals surface area contributed by atoms with Crippen LogP contribution in [0.15, 0.2) is 24.3 Å². The molecule has 0 radical (unpaired) electrons. The lowest BCUT2D eigenvalue weighted by Crippen LogP contribution is -2.45. The zero-order valence-electron chi connectivity index (χ0n) is 12.1. The van der Waals surface area contributed by atoms with E-state index in [1.807, 2.05) is 12.1 Å². The molecular formula is C15H24N4O. The molecule has 1 aliphatic heterocycles. The molecule has 0 bridgehead atoms. The van der Waals surface area contributed by atoms with E-state index in [1.54, 1.807) is 12.1 Å². The maximum atomic E-state index is 11.0. The number of nitrogens with zero attached hydrogens (tertiary/aromatic N) is 2. The number of benzene rings is 1. The van der Waals surface area contributed by atoms with Crippen LogP contribution in [-0.2, 0) is 6.54 Å². The van der Waals surface area contributed by atoms with E-state index in [4.69, 9.17) is 5.73 Å². The van der Waals surface area contributed by atoms with Crippen LogP contribution in [0.1, 0.15) is 15.9 Å². The average molecular weight is 276 g/mol. The highest BCUT2D eigenvalue weighted by Gasteiger charge is 2.10. The Kier molecular flexibility index (Phi) is 5.52. The van der Waals surface area contributed by atoms with Crippen LogP contribution in [-0.4, -0.2) is 62.0 Å². The van der Waals surface area contributed by atoms with Gasteiger partial charge in [-0.2, -0.15) is 0 Å². The number of nitrogens with two attached hydrogens (primary N) is 1. The predicted molar refractivity (Wildman–Crippen MR) is 80.6 cm³/mol. The van der Waals surface area contributed by atoms with Gasteiger partial charge in [-0.15, -0.1) is 0 Å². The Morgan fingerprint density at radius 3 is 2.55 bits per heavy atom. The Morgan fingerprint density at radius 2 is 1.95 bits per heavy atom. The largest absolute Gasteiger partial charge is 0.366 e. The van der Waals surface area contributed by atoms with Gasteiger partial charge in [-0.05, 0) is 24.7 Å². The smallest absolute Gasteiger partial charge is 0.248 e. The van der Waals surface area contributed by atoms with Gasteiger partial charge in [0.15, 0.2) is 0 Å². The monoisotopic (exact) mass is 276 g/mol. The molecule has 5 nitrogen and oxygen atoms in total. The lowest BCUT2D eigenvalue weighted by atomic mass is 10.1. The first-order valence-corrected chi connectivity index (χ1v) is 7.15. The third kappa shape index (κ3) is 4.59. The van der Waals surface area contributed by atoms with Gasteiger partial charge in [-0.3, -0.25) is 9.69 Å². The minimum Gasteiger partial charge on any atom is -0.366 e. The number of nitrogens with one attached hydrogen (secondary N) is 1. The summed E-state index contributed by atoms with van der Waals surface area (Å²) >= 11 is 0. The fourth-order valence-corrected chi connectivity index (χ4v) is 2.41. The van der Waals surface area contributed by atoms with Gasteiger partial charge < -0.3 is 16.0 Å². The van der Waals surface area contributed by atoms with Crippen LogP contribution < -0.4 is 11.1 Å². The molecule has 1 heterocycles. The van der Waals surface area contributed by atoms with Crippen LogP contribution in [0, 0.1) is 0 Å². The molecule has 1 amide bonds. The quantitative estimate of drug-likeness (QED) is 0.775. The van der Waals surface area contributed by atoms with E-state index in [2.05, 4.69) is 22.2 Å². The fraction of sp³-hybridized carbons (Fsp3) is 0.533. The topological polar surface area (TPSA) is 61.6 Å². The first-order valence-electron chi connectivity index (χ1n) is 7.15. The van der Waals surface area contributed by atoms with Crippen LogP contribution in [0.4, 0.5) is 0 Å². The molecule has 1 fully saturated rings. The van der Waals surface area contributed by atoms with E-state index in [0.717, 1.165) is 45.8 Å². The van der Waals surface area contributed by atoms with Crippen LogP contribution in [0.25, 0.3) is 0 Å². The second kappa shape index (κ2) is 7.38. The van der Waals surface area contributed by atoms with E-state index in [1.165, 1.54) is 5.56 Å². The molecule has 3 N–H and O–H groups in total. The molecule has 1 aromatic rings. The molecule has 0 saturated carbocycles. The highest BCUT2D eigenvalue weighted by Crippen LogP contribution is 2.06. The first-order chi connectivity index (χ1) is 9.65. The SMILES string of the molecule is CN(CCN1CCNCC1)Cc1ccc(C(N)=O)cc1. The highest BCUT2D eigenvalue weighted by molar-refractivity contribution is 5.92. The van der Waals surface area contributed by atoms with Crippen molar-refractivity contribution >= 4 is 5.91 Å². The van der Waals surface area contributed by atoms with Crippen molar-refractivity contribution in [1.29, 1.82) is 0 Å². The number of amides is 1. The summed E-state index contributed by atoms with van der Waals surface area (Å²) in [4.78, 5) is 15.8. The van der Waals surface area contributed by atoms with Crippen molar-refractivity contribution in [3.8, 4) is 0 Å². The lowest BCUT2D eigenvalue weighted by molar-refractivity contribution is 0.100. The van der Waals surface area contributed by atoms with Crippen molar-refractivity contribution in [2.24, 2.45) is 5.73 Å². The van der Waals surface area contributed by atoms with Gasteiger partial charge in [0.05, 0.1) is 0 Å². The van der Waals surface area contributed by atoms with E-state index in [9.17, 15) is 4.79 Å². The van der Waals surface area contributed by atoms with Gasteiger partial charge >= 0.3 is 0 Å². The summed E-state index contributed by atoms with van der Waals surface area (Å²) in [6.07, 6.45) is 0. The lowest BCUT2D eigenvalue weighted by Gasteiger charge is -2.29. The molecule has 1 aromatic carbocycles. The Morgan fingerprint density at radius 1 is 1.30 bits per heavy atom. The van der Waals surface area contributed by atoms with Crippen molar-refractivity contribution in [2.45, 2.75) is 6.54 Å². The molecule has 0 unspecified atom stereocenters. The Hall–Kier alpha value is -1.43. The fourth-order valence-electron chi connectivity index (χ4n) is 2.41. The molecular weight excluding hydrogens is 252 g/mol. The van der Waals surface area contributed by atoms with Gasteiger partial charge in [0.1, 0.15) is 0 Å². The molecule has 0 aliphatic carbocycles. The predicted octanol–water partition coefficient (Wildman–Crippen LogP) is 0.123. The van der Waals surface area contributed by atoms with Gasteiger partial charge in [0, 0.05) is 51.4 Å². The van der Waals surface area contributed by atoms with Crippen LogP contribution in [0.3, 0.4) is 0 Å². The second-order valence-electron chi connectivity index (χ2n) is 5.39. The summed E-state index contributed by atoms with van der Waals surface area (Å²) < 4.78 is 0. The number of piperazine rings is 1. The number of rotatable bonds is 6. The molecule has 0 spiro atoms. The highest BCUT2D eigenvalue weighted by atomic mass is 16.1. The van der Waals surface area contributed by atoms with Crippen molar-refractivity contribution in [3.05, 3.63) is 35.4 Å². The molecule has 0 atom stereocenters. The summed E-state index contributed by atoms with van der Waals surface area (Å²) in [6.45, 7) is 7.53.